The van der Waals surface area contributed by atoms with Crippen molar-refractivity contribution in [2.24, 2.45) is 0 Å². The number of phenols is 1. The number of aliphatic hydroxyl groups excluding tert-OH is 1. The Balaban J connectivity index is 1.53. The maximum atomic E-state index is 14.1. The number of phenolic OH excluding ortho intramolecular Hbond substituents is 1. The van der Waals surface area contributed by atoms with E-state index in [1.807, 2.05) is 23.2 Å². The topological polar surface area (TPSA) is 106 Å². The first kappa shape index (κ1) is 18.9. The summed E-state index contributed by atoms with van der Waals surface area (Å²) in [5, 5.41) is 26.6. The molecule has 0 amide bonds. The average Bonchev–Trinajstić information content (AvgIpc) is 3.11. The highest BCUT2D eigenvalue weighted by Crippen LogP contribution is 2.30. The van der Waals surface area contributed by atoms with E-state index in [2.05, 4.69) is 26.0 Å². The smallest absolute Gasteiger partial charge is 0.229 e. The van der Waals surface area contributed by atoms with Gasteiger partial charge in [0.15, 0.2) is 11.6 Å². The fourth-order valence-corrected chi connectivity index (χ4v) is 3.10. The summed E-state index contributed by atoms with van der Waals surface area (Å²) in [6.07, 6.45) is 1.75. The predicted molar refractivity (Wildman–Crippen MR) is 109 cm³/mol. The van der Waals surface area contributed by atoms with E-state index in [1.165, 1.54) is 12.1 Å². The molecule has 0 atom stereocenters. The molecule has 5 N–H and O–H groups in total. The zero-order chi connectivity index (χ0) is 20.2. The molecule has 0 aliphatic carbocycles. The van der Waals surface area contributed by atoms with Crippen LogP contribution in [0.3, 0.4) is 0 Å². The molecule has 0 radical (unpaired) electrons. The molecular formula is C20H21FN6O2. The lowest BCUT2D eigenvalue weighted by molar-refractivity contribution is 0.288. The standard InChI is InChI=1S/C20H21FN6O2/c21-17-12-22-20(26-19(17)24-14-3-1-4-16(29)9-14)25-15-6-5-13-11-23-27(7-2-8-28)18(13)10-15/h1,3-6,9-10,12,23,28-29H,2,7-8,11H2,(H2,22,24,25,26). The molecule has 0 spiro atoms. The van der Waals surface area contributed by atoms with Gasteiger partial charge >= 0.3 is 0 Å². The van der Waals surface area contributed by atoms with Crippen molar-refractivity contribution in [1.29, 1.82) is 0 Å². The highest BCUT2D eigenvalue weighted by Gasteiger charge is 2.18. The van der Waals surface area contributed by atoms with E-state index in [9.17, 15) is 9.50 Å². The Morgan fingerprint density at radius 1 is 1.14 bits per heavy atom. The van der Waals surface area contributed by atoms with Crippen LogP contribution in [-0.4, -0.2) is 33.3 Å². The van der Waals surface area contributed by atoms with Crippen molar-refractivity contribution in [1.82, 2.24) is 15.4 Å². The molecular weight excluding hydrogens is 375 g/mol. The van der Waals surface area contributed by atoms with E-state index in [-0.39, 0.29) is 24.1 Å². The van der Waals surface area contributed by atoms with Gasteiger partial charge in [0.2, 0.25) is 5.95 Å². The van der Waals surface area contributed by atoms with Crippen molar-refractivity contribution in [3.05, 3.63) is 60.0 Å². The van der Waals surface area contributed by atoms with Crippen molar-refractivity contribution in [3.63, 3.8) is 0 Å². The molecule has 1 aliphatic heterocycles. The molecule has 1 aliphatic rings. The molecule has 0 unspecified atom stereocenters. The van der Waals surface area contributed by atoms with Crippen molar-refractivity contribution < 1.29 is 14.6 Å². The lowest BCUT2D eigenvalue weighted by atomic mass is 10.1. The van der Waals surface area contributed by atoms with Crippen molar-refractivity contribution >= 4 is 28.8 Å². The fourth-order valence-electron chi connectivity index (χ4n) is 3.10. The first-order chi connectivity index (χ1) is 14.1. The Labute approximate surface area is 167 Å². The predicted octanol–water partition coefficient (Wildman–Crippen LogP) is 3.02. The summed E-state index contributed by atoms with van der Waals surface area (Å²) in [5.41, 5.74) is 6.72. The summed E-state index contributed by atoms with van der Waals surface area (Å²) in [5.74, 6) is -0.296. The van der Waals surface area contributed by atoms with Crippen LogP contribution in [0.1, 0.15) is 12.0 Å². The van der Waals surface area contributed by atoms with E-state index in [0.717, 1.165) is 29.7 Å². The lowest BCUT2D eigenvalue weighted by Crippen LogP contribution is -2.33. The largest absolute Gasteiger partial charge is 0.508 e. The number of anilines is 5. The van der Waals surface area contributed by atoms with Crippen LogP contribution in [0.2, 0.25) is 0 Å². The number of benzene rings is 2. The molecule has 4 rings (SSSR count). The van der Waals surface area contributed by atoms with Crippen LogP contribution in [-0.2, 0) is 6.54 Å². The second kappa shape index (κ2) is 8.29. The molecule has 0 saturated heterocycles. The zero-order valence-corrected chi connectivity index (χ0v) is 15.6. The van der Waals surface area contributed by atoms with E-state index < -0.39 is 5.82 Å². The monoisotopic (exact) mass is 396 g/mol. The van der Waals surface area contributed by atoms with E-state index >= 15 is 0 Å². The number of halogens is 1. The number of aromatic hydroxyl groups is 1. The average molecular weight is 396 g/mol. The molecule has 1 aromatic heterocycles. The second-order valence-electron chi connectivity index (χ2n) is 6.60. The number of nitrogens with one attached hydrogen (secondary N) is 3. The minimum absolute atomic E-state index is 0.000462. The second-order valence-corrected chi connectivity index (χ2v) is 6.60. The highest BCUT2D eigenvalue weighted by atomic mass is 19.1. The summed E-state index contributed by atoms with van der Waals surface area (Å²) in [4.78, 5) is 8.21. The van der Waals surface area contributed by atoms with Gasteiger partial charge in [-0.1, -0.05) is 12.1 Å². The minimum atomic E-state index is -0.604. The molecule has 2 aromatic carbocycles. The van der Waals surface area contributed by atoms with E-state index in [4.69, 9.17) is 5.11 Å². The summed E-state index contributed by atoms with van der Waals surface area (Å²) in [6.45, 7) is 1.55. The summed E-state index contributed by atoms with van der Waals surface area (Å²) < 4.78 is 14.1. The van der Waals surface area contributed by atoms with Crippen LogP contribution in [0.25, 0.3) is 0 Å². The van der Waals surface area contributed by atoms with Crippen LogP contribution in [0.4, 0.5) is 33.2 Å². The zero-order valence-electron chi connectivity index (χ0n) is 15.6. The van der Waals surface area contributed by atoms with E-state index in [0.29, 0.717) is 18.7 Å². The SMILES string of the molecule is OCCCN1NCc2ccc(Nc3ncc(F)c(Nc4cccc(O)c4)n3)cc21. The van der Waals surface area contributed by atoms with Gasteiger partial charge in [0.25, 0.3) is 0 Å². The molecule has 8 nitrogen and oxygen atoms in total. The molecule has 29 heavy (non-hydrogen) atoms. The lowest BCUT2D eigenvalue weighted by Gasteiger charge is -2.19. The number of hydrazine groups is 1. The molecule has 3 aromatic rings. The first-order valence-corrected chi connectivity index (χ1v) is 9.23. The number of rotatable bonds is 7. The quantitative estimate of drug-likeness (QED) is 0.415. The van der Waals surface area contributed by atoms with Gasteiger partial charge in [-0.3, -0.25) is 0 Å². The molecule has 2 heterocycles. The van der Waals surface area contributed by atoms with Crippen LogP contribution in [0.5, 0.6) is 5.75 Å². The maximum absolute atomic E-state index is 14.1. The highest BCUT2D eigenvalue weighted by molar-refractivity contribution is 5.67. The fraction of sp³-hybridized carbons (Fsp3) is 0.200. The number of hydrogen-bond acceptors (Lipinski definition) is 8. The molecule has 0 saturated carbocycles. The Kier molecular flexibility index (Phi) is 5.41. The first-order valence-electron chi connectivity index (χ1n) is 9.23. The minimum Gasteiger partial charge on any atom is -0.508 e. The summed E-state index contributed by atoms with van der Waals surface area (Å²) >= 11 is 0. The molecule has 9 heteroatoms. The number of aliphatic hydroxyl groups is 1. The van der Waals surface area contributed by atoms with Crippen LogP contribution in [0, 0.1) is 5.82 Å². The van der Waals surface area contributed by atoms with E-state index in [1.54, 1.807) is 12.1 Å². The van der Waals surface area contributed by atoms with Crippen molar-refractivity contribution in [3.8, 4) is 5.75 Å². The van der Waals surface area contributed by atoms with Gasteiger partial charge in [0, 0.05) is 37.1 Å². The maximum Gasteiger partial charge on any atom is 0.229 e. The summed E-state index contributed by atoms with van der Waals surface area (Å²) in [7, 11) is 0. The Morgan fingerprint density at radius 2 is 2.00 bits per heavy atom. The van der Waals surface area contributed by atoms with Crippen LogP contribution >= 0.6 is 0 Å². The Hall–Kier alpha value is -3.43. The van der Waals surface area contributed by atoms with Crippen molar-refractivity contribution in [2.45, 2.75) is 13.0 Å². The number of fused-ring (bicyclic) bond motifs is 1. The number of nitrogens with zero attached hydrogens (tertiary/aromatic N) is 3. The third-order valence-corrected chi connectivity index (χ3v) is 4.49. The Bertz CT molecular complexity index is 1020. The van der Waals surface area contributed by atoms with Gasteiger partial charge < -0.3 is 25.9 Å². The third kappa shape index (κ3) is 4.36. The van der Waals surface area contributed by atoms with Gasteiger partial charge in [0.05, 0.1) is 11.9 Å². The van der Waals surface area contributed by atoms with Gasteiger partial charge in [-0.2, -0.15) is 4.98 Å². The van der Waals surface area contributed by atoms with Gasteiger partial charge in [-0.25, -0.2) is 14.8 Å². The normalized spacial score (nSPS) is 12.7. The molecule has 0 bridgehead atoms. The number of hydrogen-bond donors (Lipinski definition) is 5. The molecule has 0 fully saturated rings. The van der Waals surface area contributed by atoms with Gasteiger partial charge in [-0.15, -0.1) is 0 Å². The Morgan fingerprint density at radius 3 is 2.83 bits per heavy atom. The third-order valence-electron chi connectivity index (χ3n) is 4.49. The van der Waals surface area contributed by atoms with Gasteiger partial charge in [0.1, 0.15) is 5.75 Å². The van der Waals surface area contributed by atoms with Crippen molar-refractivity contribution in [2.75, 3.05) is 28.8 Å². The molecule has 150 valence electrons. The van der Waals surface area contributed by atoms with Crippen LogP contribution in [0.15, 0.2) is 48.7 Å². The summed E-state index contributed by atoms with van der Waals surface area (Å²) in [6, 6.07) is 12.2. The van der Waals surface area contributed by atoms with Crippen LogP contribution < -0.4 is 21.1 Å². The number of aromatic nitrogens is 2. The van der Waals surface area contributed by atoms with Gasteiger partial charge in [-0.05, 0) is 36.2 Å².